The molecule has 0 saturated carbocycles. The van der Waals surface area contributed by atoms with E-state index in [9.17, 15) is 9.90 Å². The lowest BCUT2D eigenvalue weighted by Crippen LogP contribution is -2.04. The van der Waals surface area contributed by atoms with Crippen molar-refractivity contribution in [2.45, 2.75) is 6.92 Å². The number of rotatable bonds is 4. The van der Waals surface area contributed by atoms with Gasteiger partial charge in [-0.3, -0.25) is 0 Å². The van der Waals surface area contributed by atoms with Gasteiger partial charge in [0, 0.05) is 5.69 Å². The molecule has 0 aliphatic heterocycles. The molecule has 4 N–H and O–H groups in total. The number of nitrogens with one attached hydrogen (secondary N) is 1. The Balaban J connectivity index is 2.44. The minimum atomic E-state index is -1.04. The Kier molecular flexibility index (Phi) is 3.79. The highest BCUT2D eigenvalue weighted by Gasteiger charge is 2.12. The monoisotopic (exact) mass is 272 g/mol. The van der Waals surface area contributed by atoms with Gasteiger partial charge in [0.05, 0.1) is 24.0 Å². The fourth-order valence-electron chi connectivity index (χ4n) is 1.91. The van der Waals surface area contributed by atoms with Gasteiger partial charge in [-0.15, -0.1) is 0 Å². The number of hydrogen-bond acceptors (Lipinski definition) is 4. The number of nitrogens with two attached hydrogens (primary N) is 1. The molecule has 0 aliphatic carbocycles. The maximum Gasteiger partial charge on any atom is 0.337 e. The second kappa shape index (κ2) is 5.52. The van der Waals surface area contributed by atoms with Crippen molar-refractivity contribution in [1.29, 1.82) is 0 Å². The molecule has 0 saturated heterocycles. The first-order chi connectivity index (χ1) is 9.51. The lowest BCUT2D eigenvalue weighted by Gasteiger charge is -2.14. The molecule has 2 aromatic rings. The summed E-state index contributed by atoms with van der Waals surface area (Å²) in [4.78, 5) is 11.3. The van der Waals surface area contributed by atoms with Crippen molar-refractivity contribution < 1.29 is 14.6 Å². The predicted molar refractivity (Wildman–Crippen MR) is 78.8 cm³/mol. The summed E-state index contributed by atoms with van der Waals surface area (Å²) in [6.07, 6.45) is 0. The molecule has 104 valence electrons. The topological polar surface area (TPSA) is 84.6 Å². The summed E-state index contributed by atoms with van der Waals surface area (Å²) in [6, 6.07) is 10.4. The summed E-state index contributed by atoms with van der Waals surface area (Å²) >= 11 is 0. The van der Waals surface area contributed by atoms with Crippen LogP contribution in [-0.2, 0) is 0 Å². The lowest BCUT2D eigenvalue weighted by molar-refractivity contribution is 0.0698. The van der Waals surface area contributed by atoms with Crippen molar-refractivity contribution in [3.63, 3.8) is 0 Å². The molecule has 0 amide bonds. The third-order valence-electron chi connectivity index (χ3n) is 2.90. The summed E-state index contributed by atoms with van der Waals surface area (Å²) in [5.41, 5.74) is 8.37. The van der Waals surface area contributed by atoms with Gasteiger partial charge in [0.25, 0.3) is 0 Å². The molecule has 0 radical (unpaired) electrons. The molecule has 0 aliphatic rings. The zero-order chi connectivity index (χ0) is 14.7. The third-order valence-corrected chi connectivity index (χ3v) is 2.90. The molecular weight excluding hydrogens is 256 g/mol. The highest BCUT2D eigenvalue weighted by atomic mass is 16.5. The van der Waals surface area contributed by atoms with Crippen LogP contribution in [-0.4, -0.2) is 18.2 Å². The number of nitrogen functional groups attached to an aromatic ring is 1. The Morgan fingerprint density at radius 3 is 2.60 bits per heavy atom. The average molecular weight is 272 g/mol. The summed E-state index contributed by atoms with van der Waals surface area (Å²) in [7, 11) is 1.57. The first-order valence-electron chi connectivity index (χ1n) is 6.05. The van der Waals surface area contributed by atoms with Crippen molar-refractivity contribution in [3.8, 4) is 5.75 Å². The minimum Gasteiger partial charge on any atom is -0.495 e. The van der Waals surface area contributed by atoms with Gasteiger partial charge in [0.15, 0.2) is 0 Å². The van der Waals surface area contributed by atoms with Gasteiger partial charge in [0.1, 0.15) is 5.75 Å². The van der Waals surface area contributed by atoms with E-state index in [1.165, 1.54) is 6.07 Å². The van der Waals surface area contributed by atoms with E-state index in [2.05, 4.69) is 5.32 Å². The molecule has 0 atom stereocenters. The van der Waals surface area contributed by atoms with Gasteiger partial charge < -0.3 is 20.9 Å². The van der Waals surface area contributed by atoms with E-state index >= 15 is 0 Å². The van der Waals surface area contributed by atoms with Crippen LogP contribution in [0.5, 0.6) is 5.75 Å². The molecule has 5 nitrogen and oxygen atoms in total. The highest BCUT2D eigenvalue weighted by Crippen LogP contribution is 2.30. The smallest absolute Gasteiger partial charge is 0.337 e. The van der Waals surface area contributed by atoms with Crippen LogP contribution in [0.2, 0.25) is 0 Å². The Bertz CT molecular complexity index is 654. The number of carbonyl (C=O) groups is 1. The van der Waals surface area contributed by atoms with E-state index in [-0.39, 0.29) is 5.56 Å². The maximum absolute atomic E-state index is 11.3. The minimum absolute atomic E-state index is 0.119. The van der Waals surface area contributed by atoms with Crippen LogP contribution >= 0.6 is 0 Å². The van der Waals surface area contributed by atoms with Gasteiger partial charge in [-0.1, -0.05) is 6.07 Å². The zero-order valence-electron chi connectivity index (χ0n) is 11.3. The second-order valence-electron chi connectivity index (χ2n) is 4.44. The highest BCUT2D eigenvalue weighted by molar-refractivity contribution is 5.96. The van der Waals surface area contributed by atoms with Gasteiger partial charge >= 0.3 is 5.97 Å². The Labute approximate surface area is 117 Å². The molecule has 0 aromatic heterocycles. The Morgan fingerprint density at radius 2 is 1.95 bits per heavy atom. The number of anilines is 3. The predicted octanol–water partition coefficient (Wildman–Crippen LogP) is 3.03. The Hall–Kier alpha value is -2.69. The lowest BCUT2D eigenvalue weighted by atomic mass is 10.1. The molecule has 5 heteroatoms. The SMILES string of the molecule is COc1ccc(C)cc1Nc1ccc(N)cc1C(=O)O. The molecule has 0 bridgehead atoms. The van der Waals surface area contributed by atoms with E-state index < -0.39 is 5.97 Å². The fraction of sp³-hybridized carbons (Fsp3) is 0.133. The molecular formula is C15H16N2O3. The van der Waals surface area contributed by atoms with Crippen LogP contribution in [0.25, 0.3) is 0 Å². The third kappa shape index (κ3) is 2.83. The van der Waals surface area contributed by atoms with Crippen molar-refractivity contribution in [2.24, 2.45) is 0 Å². The summed E-state index contributed by atoms with van der Waals surface area (Å²) in [5.74, 6) is -0.393. The van der Waals surface area contributed by atoms with Crippen LogP contribution in [0.3, 0.4) is 0 Å². The van der Waals surface area contributed by atoms with Crippen molar-refractivity contribution in [3.05, 3.63) is 47.5 Å². The van der Waals surface area contributed by atoms with Gasteiger partial charge in [-0.05, 0) is 42.8 Å². The zero-order valence-corrected chi connectivity index (χ0v) is 11.3. The summed E-state index contributed by atoms with van der Waals surface area (Å²) in [5, 5.41) is 12.3. The van der Waals surface area contributed by atoms with Crippen LogP contribution < -0.4 is 15.8 Å². The maximum atomic E-state index is 11.3. The van der Waals surface area contributed by atoms with E-state index in [4.69, 9.17) is 10.5 Å². The van der Waals surface area contributed by atoms with E-state index in [0.717, 1.165) is 5.56 Å². The molecule has 0 spiro atoms. The first-order valence-corrected chi connectivity index (χ1v) is 6.05. The van der Waals surface area contributed by atoms with Crippen LogP contribution in [0.1, 0.15) is 15.9 Å². The number of carboxylic acid groups (broad SMARTS) is 1. The number of benzene rings is 2. The molecule has 20 heavy (non-hydrogen) atoms. The Morgan fingerprint density at radius 1 is 1.20 bits per heavy atom. The van der Waals surface area contributed by atoms with Gasteiger partial charge in [-0.25, -0.2) is 4.79 Å². The molecule has 0 unspecified atom stereocenters. The van der Waals surface area contributed by atoms with Gasteiger partial charge in [-0.2, -0.15) is 0 Å². The van der Waals surface area contributed by atoms with Crippen molar-refractivity contribution in [2.75, 3.05) is 18.2 Å². The van der Waals surface area contributed by atoms with Gasteiger partial charge in [0.2, 0.25) is 0 Å². The van der Waals surface area contributed by atoms with Crippen LogP contribution in [0.4, 0.5) is 17.1 Å². The summed E-state index contributed by atoms with van der Waals surface area (Å²) in [6.45, 7) is 1.95. The number of aryl methyl sites for hydroxylation is 1. The largest absolute Gasteiger partial charge is 0.495 e. The van der Waals surface area contributed by atoms with Crippen LogP contribution in [0, 0.1) is 6.92 Å². The average Bonchev–Trinajstić information content (AvgIpc) is 2.41. The number of ether oxygens (including phenoxy) is 1. The van der Waals surface area contributed by atoms with E-state index in [1.807, 2.05) is 25.1 Å². The normalized spacial score (nSPS) is 10.1. The number of aromatic carboxylic acids is 1. The van der Waals surface area contributed by atoms with Crippen molar-refractivity contribution >= 4 is 23.0 Å². The first kappa shape index (κ1) is 13.7. The quantitative estimate of drug-likeness (QED) is 0.745. The van der Waals surface area contributed by atoms with E-state index in [1.54, 1.807) is 19.2 Å². The molecule has 2 aromatic carbocycles. The fourth-order valence-corrected chi connectivity index (χ4v) is 1.91. The van der Waals surface area contributed by atoms with Crippen LogP contribution in [0.15, 0.2) is 36.4 Å². The standard InChI is InChI=1S/C15H16N2O3/c1-9-3-6-14(20-2)13(7-9)17-12-5-4-10(16)8-11(12)15(18)19/h3-8,17H,16H2,1-2H3,(H,18,19). The number of hydrogen-bond donors (Lipinski definition) is 3. The number of carboxylic acids is 1. The second-order valence-corrected chi connectivity index (χ2v) is 4.44. The molecule has 0 fully saturated rings. The van der Waals surface area contributed by atoms with E-state index in [0.29, 0.717) is 22.8 Å². The molecule has 0 heterocycles. The molecule has 2 rings (SSSR count). The number of methoxy groups -OCH3 is 1. The van der Waals surface area contributed by atoms with Crippen molar-refractivity contribution in [1.82, 2.24) is 0 Å². The summed E-state index contributed by atoms with van der Waals surface area (Å²) < 4.78 is 5.26.